The third-order valence-electron chi connectivity index (χ3n) is 5.19. The Kier molecular flexibility index (Phi) is 3.39. The van der Waals surface area contributed by atoms with E-state index in [0.29, 0.717) is 5.92 Å². The molecular weight excluding hydrogens is 328 g/mol. The number of hydrogen-bond acceptors (Lipinski definition) is 2. The molecule has 1 aliphatic heterocycles. The first-order valence-electron chi connectivity index (χ1n) is 8.58. The van der Waals surface area contributed by atoms with Crippen molar-refractivity contribution in [3.63, 3.8) is 0 Å². The van der Waals surface area contributed by atoms with Crippen LogP contribution in [0.5, 0.6) is 0 Å². The summed E-state index contributed by atoms with van der Waals surface area (Å²) in [6, 6.07) is 27.5. The number of fused-ring (bicyclic) bond motifs is 3. The van der Waals surface area contributed by atoms with Crippen LogP contribution in [0.3, 0.4) is 0 Å². The van der Waals surface area contributed by atoms with Crippen molar-refractivity contribution in [1.82, 2.24) is 0 Å². The molecule has 0 bridgehead atoms. The van der Waals surface area contributed by atoms with E-state index in [9.17, 15) is 0 Å². The lowest BCUT2D eigenvalue weighted by Crippen LogP contribution is -2.22. The molecule has 25 heavy (non-hydrogen) atoms. The molecule has 0 spiro atoms. The van der Waals surface area contributed by atoms with E-state index in [4.69, 9.17) is 16.7 Å². The Morgan fingerprint density at radius 1 is 0.840 bits per heavy atom. The normalized spacial score (nSPS) is 21.0. The molecule has 2 unspecified atom stereocenters. The molecule has 3 aromatic carbocycles. The topological polar surface area (TPSA) is 15.6 Å². The van der Waals surface area contributed by atoms with Gasteiger partial charge in [0, 0.05) is 10.9 Å². The van der Waals surface area contributed by atoms with Gasteiger partial charge in [0.05, 0.1) is 17.4 Å². The Labute approximate surface area is 152 Å². The first-order valence-corrected chi connectivity index (χ1v) is 8.95. The minimum Gasteiger partial charge on any atom is -0.257 e. The van der Waals surface area contributed by atoms with Gasteiger partial charge in [0.2, 0.25) is 0 Å². The first kappa shape index (κ1) is 14.7. The van der Waals surface area contributed by atoms with E-state index in [0.717, 1.165) is 28.4 Å². The Hall–Kier alpha value is -2.58. The highest BCUT2D eigenvalue weighted by atomic mass is 35.5. The van der Waals surface area contributed by atoms with Gasteiger partial charge in [0.25, 0.3) is 0 Å². The van der Waals surface area contributed by atoms with Crippen LogP contribution >= 0.6 is 11.6 Å². The fourth-order valence-electron chi connectivity index (χ4n) is 4.07. The molecule has 2 nitrogen and oxygen atoms in total. The second kappa shape index (κ2) is 5.75. The highest BCUT2D eigenvalue weighted by Gasteiger charge is 2.44. The van der Waals surface area contributed by atoms with Crippen LogP contribution in [-0.4, -0.2) is 5.71 Å². The maximum atomic E-state index is 6.08. The molecule has 0 saturated heterocycles. The maximum Gasteiger partial charge on any atom is 0.0865 e. The van der Waals surface area contributed by atoms with Gasteiger partial charge in [-0.25, -0.2) is 0 Å². The van der Waals surface area contributed by atoms with Crippen molar-refractivity contribution in [3.05, 3.63) is 101 Å². The monoisotopic (exact) mass is 344 g/mol. The van der Waals surface area contributed by atoms with Crippen LogP contribution in [0.4, 0.5) is 5.69 Å². The number of halogens is 1. The Balaban J connectivity index is 1.65. The second-order valence-electron chi connectivity index (χ2n) is 6.63. The van der Waals surface area contributed by atoms with Gasteiger partial charge in [-0.1, -0.05) is 66.2 Å². The molecule has 5 rings (SSSR count). The minimum atomic E-state index is 0.268. The number of para-hydroxylation sites is 1. The van der Waals surface area contributed by atoms with Gasteiger partial charge in [-0.15, -0.1) is 0 Å². The van der Waals surface area contributed by atoms with Crippen molar-refractivity contribution >= 4 is 23.0 Å². The van der Waals surface area contributed by atoms with E-state index in [1.54, 1.807) is 0 Å². The van der Waals surface area contributed by atoms with Crippen molar-refractivity contribution in [1.29, 1.82) is 0 Å². The molecule has 1 heterocycles. The smallest absolute Gasteiger partial charge is 0.0865 e. The lowest BCUT2D eigenvalue weighted by molar-refractivity contribution is 0.597. The number of benzene rings is 3. The second-order valence-corrected chi connectivity index (χ2v) is 7.06. The standard InChI is InChI=1S/C22H17ClN2/c23-17-12-10-15(11-13-17)21-20-14-16-6-4-5-9-19(16)22(20)25(24-21)18-7-2-1-3-8-18/h1-13,20,22H,14H2. The lowest BCUT2D eigenvalue weighted by Gasteiger charge is -2.24. The molecule has 0 aromatic heterocycles. The zero-order chi connectivity index (χ0) is 16.8. The molecule has 3 aromatic rings. The number of hydrogen-bond donors (Lipinski definition) is 0. The molecule has 0 amide bonds. The summed E-state index contributed by atoms with van der Waals surface area (Å²) in [6.45, 7) is 0. The summed E-state index contributed by atoms with van der Waals surface area (Å²) in [5, 5.41) is 8.00. The Morgan fingerprint density at radius 3 is 2.36 bits per heavy atom. The fraction of sp³-hybridized carbons (Fsp3) is 0.136. The van der Waals surface area contributed by atoms with Crippen molar-refractivity contribution in [3.8, 4) is 0 Å². The van der Waals surface area contributed by atoms with Gasteiger partial charge in [-0.3, -0.25) is 5.01 Å². The molecule has 0 saturated carbocycles. The van der Waals surface area contributed by atoms with Gasteiger partial charge in [0.15, 0.2) is 0 Å². The number of rotatable bonds is 2. The van der Waals surface area contributed by atoms with Crippen molar-refractivity contribution in [2.75, 3.05) is 5.01 Å². The molecule has 0 N–H and O–H groups in total. The highest BCUT2D eigenvalue weighted by Crippen LogP contribution is 2.47. The van der Waals surface area contributed by atoms with Crippen LogP contribution in [-0.2, 0) is 6.42 Å². The van der Waals surface area contributed by atoms with Gasteiger partial charge in [-0.05, 0) is 47.4 Å². The molecule has 122 valence electrons. The molecule has 3 heteroatoms. The zero-order valence-corrected chi connectivity index (χ0v) is 14.4. The molecule has 2 atom stereocenters. The summed E-state index contributed by atoms with van der Waals surface area (Å²) in [5.74, 6) is 0.374. The average Bonchev–Trinajstić information content (AvgIpc) is 3.21. The highest BCUT2D eigenvalue weighted by molar-refractivity contribution is 6.30. The van der Waals surface area contributed by atoms with Gasteiger partial charge in [0.1, 0.15) is 0 Å². The van der Waals surface area contributed by atoms with Crippen LogP contribution < -0.4 is 5.01 Å². The summed E-state index contributed by atoms with van der Waals surface area (Å²) in [4.78, 5) is 0. The first-order chi connectivity index (χ1) is 12.3. The van der Waals surface area contributed by atoms with Crippen LogP contribution in [0.25, 0.3) is 0 Å². The minimum absolute atomic E-state index is 0.268. The van der Waals surface area contributed by atoms with Crippen molar-refractivity contribution < 1.29 is 0 Å². The van der Waals surface area contributed by atoms with E-state index in [2.05, 4.69) is 65.7 Å². The quantitative estimate of drug-likeness (QED) is 0.601. The molecule has 0 fully saturated rings. The molecule has 2 aliphatic rings. The Bertz CT molecular complexity index is 947. The Morgan fingerprint density at radius 2 is 1.56 bits per heavy atom. The predicted molar refractivity (Wildman–Crippen MR) is 103 cm³/mol. The fourth-order valence-corrected chi connectivity index (χ4v) is 4.19. The predicted octanol–water partition coefficient (Wildman–Crippen LogP) is 5.48. The van der Waals surface area contributed by atoms with Crippen LogP contribution in [0, 0.1) is 5.92 Å². The third-order valence-corrected chi connectivity index (χ3v) is 5.44. The molecule has 0 radical (unpaired) electrons. The largest absolute Gasteiger partial charge is 0.257 e. The van der Waals surface area contributed by atoms with Gasteiger partial charge >= 0.3 is 0 Å². The zero-order valence-electron chi connectivity index (χ0n) is 13.6. The van der Waals surface area contributed by atoms with Crippen molar-refractivity contribution in [2.45, 2.75) is 12.5 Å². The van der Waals surface area contributed by atoms with E-state index < -0.39 is 0 Å². The molecular formula is C22H17ClN2. The van der Waals surface area contributed by atoms with Gasteiger partial charge < -0.3 is 0 Å². The van der Waals surface area contributed by atoms with Crippen molar-refractivity contribution in [2.24, 2.45) is 11.0 Å². The summed E-state index contributed by atoms with van der Waals surface area (Å²) in [5.41, 5.74) is 6.27. The summed E-state index contributed by atoms with van der Waals surface area (Å²) in [7, 11) is 0. The number of nitrogens with zero attached hydrogens (tertiary/aromatic N) is 2. The lowest BCUT2D eigenvalue weighted by atomic mass is 9.92. The number of hydrazone groups is 1. The van der Waals surface area contributed by atoms with E-state index >= 15 is 0 Å². The van der Waals surface area contributed by atoms with Crippen LogP contribution in [0.1, 0.15) is 22.7 Å². The van der Waals surface area contributed by atoms with E-state index in [-0.39, 0.29) is 6.04 Å². The maximum absolute atomic E-state index is 6.08. The SMILES string of the molecule is Clc1ccc(C2=NN(c3ccccc3)C3c4ccccc4CC23)cc1. The van der Waals surface area contributed by atoms with Gasteiger partial charge in [-0.2, -0.15) is 5.10 Å². The summed E-state index contributed by atoms with van der Waals surface area (Å²) >= 11 is 6.08. The van der Waals surface area contributed by atoms with Crippen LogP contribution in [0.2, 0.25) is 5.02 Å². The van der Waals surface area contributed by atoms with E-state index in [1.807, 2.05) is 18.2 Å². The molecule has 1 aliphatic carbocycles. The number of anilines is 1. The third kappa shape index (κ3) is 2.37. The summed E-state index contributed by atoms with van der Waals surface area (Å²) in [6.07, 6.45) is 1.03. The summed E-state index contributed by atoms with van der Waals surface area (Å²) < 4.78 is 0. The van der Waals surface area contributed by atoms with Crippen LogP contribution in [0.15, 0.2) is 84.0 Å². The van der Waals surface area contributed by atoms with E-state index in [1.165, 1.54) is 11.1 Å². The average molecular weight is 345 g/mol.